The van der Waals surface area contributed by atoms with E-state index in [1.807, 2.05) is 20.8 Å². The molecule has 19 heavy (non-hydrogen) atoms. The van der Waals surface area contributed by atoms with Gasteiger partial charge >= 0.3 is 5.97 Å². The average Bonchev–Trinajstić information content (AvgIpc) is 2.68. The zero-order chi connectivity index (χ0) is 14.8. The third kappa shape index (κ3) is 4.01. The predicted molar refractivity (Wildman–Crippen MR) is 78.2 cm³/mol. The van der Waals surface area contributed by atoms with E-state index in [4.69, 9.17) is 5.11 Å². The first kappa shape index (κ1) is 16.6. The fourth-order valence-electron chi connectivity index (χ4n) is 1.59. The van der Waals surface area contributed by atoms with Gasteiger partial charge in [0.1, 0.15) is 9.77 Å². The van der Waals surface area contributed by atoms with Crippen molar-refractivity contribution in [1.29, 1.82) is 0 Å². The molecule has 0 aromatic carbocycles. The van der Waals surface area contributed by atoms with Crippen molar-refractivity contribution in [2.24, 2.45) is 5.92 Å². The molecular weight excluding hydrogens is 354 g/mol. The van der Waals surface area contributed by atoms with E-state index in [1.165, 1.54) is 6.07 Å². The van der Waals surface area contributed by atoms with Gasteiger partial charge in [-0.25, -0.2) is 17.9 Å². The molecule has 0 bridgehead atoms. The standard InChI is InChI=1S/C11H16BrNO4S2/c1-4-7(6(2)3)13-19(16,17)9-5-8(11(14)15)18-10(9)12/h5-7,13H,4H2,1-3H3,(H,14,15). The Balaban J connectivity index is 3.10. The van der Waals surface area contributed by atoms with E-state index in [2.05, 4.69) is 20.7 Å². The van der Waals surface area contributed by atoms with Crippen LogP contribution in [0.1, 0.15) is 36.9 Å². The minimum absolute atomic E-state index is 0.00940. The molecule has 1 aromatic heterocycles. The van der Waals surface area contributed by atoms with E-state index < -0.39 is 16.0 Å². The number of hydrogen-bond acceptors (Lipinski definition) is 4. The van der Waals surface area contributed by atoms with Crippen molar-refractivity contribution in [3.63, 3.8) is 0 Å². The molecule has 0 saturated carbocycles. The number of carboxylic acid groups (broad SMARTS) is 1. The molecule has 1 unspecified atom stereocenters. The lowest BCUT2D eigenvalue weighted by atomic mass is 10.0. The van der Waals surface area contributed by atoms with Gasteiger partial charge < -0.3 is 5.11 Å². The zero-order valence-electron chi connectivity index (χ0n) is 10.8. The smallest absolute Gasteiger partial charge is 0.345 e. The number of thiophene rings is 1. The predicted octanol–water partition coefficient (Wildman–Crippen LogP) is 2.92. The molecule has 108 valence electrons. The van der Waals surface area contributed by atoms with Gasteiger partial charge in [0, 0.05) is 6.04 Å². The van der Waals surface area contributed by atoms with Crippen molar-refractivity contribution < 1.29 is 18.3 Å². The molecule has 1 aromatic rings. The molecule has 0 radical (unpaired) electrons. The summed E-state index contributed by atoms with van der Waals surface area (Å²) in [5.74, 6) is -0.973. The normalized spacial score (nSPS) is 13.7. The summed E-state index contributed by atoms with van der Waals surface area (Å²) in [6.45, 7) is 5.77. The first-order chi connectivity index (χ1) is 8.69. The maximum absolute atomic E-state index is 12.2. The Labute approximate surface area is 125 Å². The van der Waals surface area contributed by atoms with Crippen LogP contribution in [0.4, 0.5) is 0 Å². The van der Waals surface area contributed by atoms with Crippen LogP contribution >= 0.6 is 27.3 Å². The minimum Gasteiger partial charge on any atom is -0.477 e. The summed E-state index contributed by atoms with van der Waals surface area (Å²) in [6.07, 6.45) is 0.671. The molecule has 0 fully saturated rings. The fourth-order valence-corrected chi connectivity index (χ4v) is 5.47. The second-order valence-corrected chi connectivity index (χ2v) is 8.49. The van der Waals surface area contributed by atoms with E-state index in [9.17, 15) is 13.2 Å². The highest BCUT2D eigenvalue weighted by atomic mass is 79.9. The van der Waals surface area contributed by atoms with Crippen LogP contribution in [0.3, 0.4) is 0 Å². The lowest BCUT2D eigenvalue weighted by molar-refractivity contribution is 0.0702. The van der Waals surface area contributed by atoms with Gasteiger partial charge in [-0.05, 0) is 34.3 Å². The maximum atomic E-state index is 12.2. The Morgan fingerprint density at radius 3 is 2.47 bits per heavy atom. The molecule has 8 heteroatoms. The molecular formula is C11H16BrNO4S2. The van der Waals surface area contributed by atoms with E-state index >= 15 is 0 Å². The summed E-state index contributed by atoms with van der Waals surface area (Å²) in [6, 6.07) is 0.997. The number of nitrogens with one attached hydrogen (secondary N) is 1. The minimum atomic E-state index is -3.71. The van der Waals surface area contributed by atoms with Crippen molar-refractivity contribution in [3.8, 4) is 0 Å². The number of sulfonamides is 1. The van der Waals surface area contributed by atoms with Gasteiger partial charge in [0.25, 0.3) is 0 Å². The van der Waals surface area contributed by atoms with Gasteiger partial charge in [0.15, 0.2) is 0 Å². The second-order valence-electron chi connectivity index (χ2n) is 4.43. The maximum Gasteiger partial charge on any atom is 0.345 e. The van der Waals surface area contributed by atoms with Crippen molar-refractivity contribution in [2.45, 2.75) is 38.1 Å². The van der Waals surface area contributed by atoms with Gasteiger partial charge in [0.2, 0.25) is 10.0 Å². The van der Waals surface area contributed by atoms with Crippen LogP contribution in [0.5, 0.6) is 0 Å². The van der Waals surface area contributed by atoms with E-state index in [0.29, 0.717) is 10.2 Å². The van der Waals surface area contributed by atoms with Gasteiger partial charge in [-0.2, -0.15) is 0 Å². The molecule has 0 aliphatic carbocycles. The van der Waals surface area contributed by atoms with Crippen LogP contribution < -0.4 is 4.72 Å². The Morgan fingerprint density at radius 2 is 2.11 bits per heavy atom. The van der Waals surface area contributed by atoms with Crippen molar-refractivity contribution >= 4 is 43.3 Å². The zero-order valence-corrected chi connectivity index (χ0v) is 14.0. The van der Waals surface area contributed by atoms with E-state index in [1.54, 1.807) is 0 Å². The van der Waals surface area contributed by atoms with Crippen LogP contribution in [0.2, 0.25) is 0 Å². The molecule has 1 atom stereocenters. The second kappa shape index (κ2) is 6.34. The van der Waals surface area contributed by atoms with Gasteiger partial charge in [-0.1, -0.05) is 20.8 Å². The molecule has 0 amide bonds. The number of carboxylic acids is 1. The highest BCUT2D eigenvalue weighted by Crippen LogP contribution is 2.32. The molecule has 0 saturated heterocycles. The molecule has 1 heterocycles. The average molecular weight is 370 g/mol. The van der Waals surface area contributed by atoms with Crippen LogP contribution in [-0.2, 0) is 10.0 Å². The third-order valence-electron chi connectivity index (χ3n) is 2.71. The first-order valence-corrected chi connectivity index (χ1v) is 8.83. The van der Waals surface area contributed by atoms with Gasteiger partial charge in [0.05, 0.1) is 3.79 Å². The summed E-state index contributed by atoms with van der Waals surface area (Å²) in [5, 5.41) is 8.88. The largest absolute Gasteiger partial charge is 0.477 e. The molecule has 2 N–H and O–H groups in total. The van der Waals surface area contributed by atoms with Gasteiger partial charge in [-0.3, -0.25) is 0 Å². The van der Waals surface area contributed by atoms with Crippen LogP contribution in [0.15, 0.2) is 14.7 Å². The highest BCUT2D eigenvalue weighted by molar-refractivity contribution is 9.11. The molecule has 0 aliphatic heterocycles. The summed E-state index contributed by atoms with van der Waals surface area (Å²) in [5.41, 5.74) is 0. The quantitative estimate of drug-likeness (QED) is 0.807. The third-order valence-corrected chi connectivity index (χ3v) is 6.44. The lowest BCUT2D eigenvalue weighted by Gasteiger charge is -2.20. The number of rotatable bonds is 6. The number of hydrogen-bond donors (Lipinski definition) is 2. The Morgan fingerprint density at radius 1 is 1.53 bits per heavy atom. The van der Waals surface area contributed by atoms with Crippen molar-refractivity contribution in [3.05, 3.63) is 14.7 Å². The van der Waals surface area contributed by atoms with Gasteiger partial charge in [-0.15, -0.1) is 11.3 Å². The first-order valence-electron chi connectivity index (χ1n) is 5.74. The molecule has 1 rings (SSSR count). The summed E-state index contributed by atoms with van der Waals surface area (Å²) < 4.78 is 27.4. The van der Waals surface area contributed by atoms with Crippen LogP contribution in [0, 0.1) is 5.92 Å². The van der Waals surface area contributed by atoms with Crippen LogP contribution in [-0.4, -0.2) is 25.5 Å². The number of halogens is 1. The Bertz CT molecular complexity index is 565. The Hall–Kier alpha value is -0.440. The lowest BCUT2D eigenvalue weighted by Crippen LogP contribution is -2.37. The summed E-state index contributed by atoms with van der Waals surface area (Å²) >= 11 is 4.00. The SMILES string of the molecule is CCC(NS(=O)(=O)c1cc(C(=O)O)sc1Br)C(C)C. The molecule has 0 aliphatic rings. The van der Waals surface area contributed by atoms with E-state index in [-0.39, 0.29) is 21.7 Å². The topological polar surface area (TPSA) is 83.5 Å². The van der Waals surface area contributed by atoms with Crippen molar-refractivity contribution in [2.75, 3.05) is 0 Å². The summed E-state index contributed by atoms with van der Waals surface area (Å²) in [4.78, 5) is 10.8. The fraction of sp³-hybridized carbons (Fsp3) is 0.545. The number of aromatic carboxylic acids is 1. The highest BCUT2D eigenvalue weighted by Gasteiger charge is 2.26. The molecule has 5 nitrogen and oxygen atoms in total. The van der Waals surface area contributed by atoms with E-state index in [0.717, 1.165) is 11.3 Å². The number of carbonyl (C=O) groups is 1. The summed E-state index contributed by atoms with van der Waals surface area (Å²) in [7, 11) is -3.71. The van der Waals surface area contributed by atoms with Crippen molar-refractivity contribution in [1.82, 2.24) is 4.72 Å². The monoisotopic (exact) mass is 369 g/mol. The Kier molecular flexibility index (Phi) is 5.54. The van der Waals surface area contributed by atoms with Crippen LogP contribution in [0.25, 0.3) is 0 Å². The molecule has 0 spiro atoms.